The lowest BCUT2D eigenvalue weighted by atomic mass is 10.1. The average Bonchev–Trinajstić information content (AvgIpc) is 2.37. The predicted molar refractivity (Wildman–Crippen MR) is 47.2 cm³/mol. The van der Waals surface area contributed by atoms with Crippen LogP contribution >= 0.6 is 11.3 Å². The number of carbonyl (C=O) groups is 1. The minimum atomic E-state index is -0.818. The first-order valence-corrected chi connectivity index (χ1v) is 4.40. The van der Waals surface area contributed by atoms with Crippen LogP contribution in [0.25, 0.3) is 0 Å². The highest BCUT2D eigenvalue weighted by Crippen LogP contribution is 2.26. The molecule has 5 heteroatoms. The van der Waals surface area contributed by atoms with Crippen molar-refractivity contribution in [3.8, 4) is 0 Å². The molecule has 4 nitrogen and oxygen atoms in total. The number of carboxylic acid groups (broad SMARTS) is 1. The molecule has 66 valence electrons. The molecule has 0 amide bonds. The molecule has 12 heavy (non-hydrogen) atoms. The molecule has 3 N–H and O–H groups in total. The third-order valence-corrected chi connectivity index (χ3v) is 2.53. The van der Waals surface area contributed by atoms with Gasteiger partial charge in [0.15, 0.2) is 5.13 Å². The first-order chi connectivity index (χ1) is 5.65. The van der Waals surface area contributed by atoms with Crippen molar-refractivity contribution in [2.45, 2.75) is 19.3 Å². The van der Waals surface area contributed by atoms with E-state index in [1.165, 1.54) is 17.5 Å². The van der Waals surface area contributed by atoms with Gasteiger partial charge in [-0.3, -0.25) is 4.79 Å². The van der Waals surface area contributed by atoms with Gasteiger partial charge in [-0.2, -0.15) is 0 Å². The van der Waals surface area contributed by atoms with Crippen molar-refractivity contribution < 1.29 is 9.90 Å². The second-order valence-electron chi connectivity index (χ2n) is 2.40. The molecular formula is C7H10N2O2S. The van der Waals surface area contributed by atoms with Crippen LogP contribution in [0.15, 0.2) is 6.20 Å². The lowest BCUT2D eigenvalue weighted by Crippen LogP contribution is -2.08. The van der Waals surface area contributed by atoms with Gasteiger partial charge in [0.25, 0.3) is 0 Å². The van der Waals surface area contributed by atoms with E-state index in [-0.39, 0.29) is 0 Å². The van der Waals surface area contributed by atoms with E-state index in [1.807, 2.05) is 6.92 Å². The lowest BCUT2D eigenvalue weighted by Gasteiger charge is -2.04. The number of hydrogen-bond acceptors (Lipinski definition) is 4. The maximum Gasteiger partial charge on any atom is 0.311 e. The Labute approximate surface area is 74.0 Å². The molecule has 0 saturated heterocycles. The summed E-state index contributed by atoms with van der Waals surface area (Å²) in [7, 11) is 0. The molecule has 0 fully saturated rings. The first kappa shape index (κ1) is 8.99. The molecule has 0 saturated carbocycles. The molecular weight excluding hydrogens is 176 g/mol. The Bertz CT molecular complexity index is 285. The number of aliphatic carboxylic acids is 1. The largest absolute Gasteiger partial charge is 0.481 e. The first-order valence-electron chi connectivity index (χ1n) is 3.59. The van der Waals surface area contributed by atoms with Crippen LogP contribution in [0.3, 0.4) is 0 Å². The summed E-state index contributed by atoms with van der Waals surface area (Å²) < 4.78 is 0. The highest BCUT2D eigenvalue weighted by molar-refractivity contribution is 7.15. The number of thiazole rings is 1. The zero-order chi connectivity index (χ0) is 9.14. The standard InChI is InChI=1S/C7H10N2O2S/c1-2-4(6(10)11)5-3-9-7(8)12-5/h3-4H,2H2,1H3,(H2,8,9)(H,10,11). The molecule has 0 spiro atoms. The Balaban J connectivity index is 2.87. The normalized spacial score (nSPS) is 12.8. The molecule has 0 aliphatic rings. The fraction of sp³-hybridized carbons (Fsp3) is 0.429. The van der Waals surface area contributed by atoms with Crippen LogP contribution in [0, 0.1) is 0 Å². The summed E-state index contributed by atoms with van der Waals surface area (Å²) in [6.45, 7) is 1.83. The second kappa shape index (κ2) is 3.53. The summed E-state index contributed by atoms with van der Waals surface area (Å²) in [5, 5.41) is 9.20. The molecule has 0 bridgehead atoms. The topological polar surface area (TPSA) is 76.2 Å². The van der Waals surface area contributed by atoms with Gasteiger partial charge in [-0.05, 0) is 6.42 Å². The SMILES string of the molecule is CCC(C(=O)O)c1cnc(N)s1. The van der Waals surface area contributed by atoms with Gasteiger partial charge in [-0.15, -0.1) is 11.3 Å². The highest BCUT2D eigenvalue weighted by Gasteiger charge is 2.19. The number of hydrogen-bond donors (Lipinski definition) is 2. The molecule has 1 rings (SSSR count). The second-order valence-corrected chi connectivity index (χ2v) is 3.49. The Morgan fingerprint density at radius 2 is 2.58 bits per heavy atom. The van der Waals surface area contributed by atoms with Gasteiger partial charge in [-0.1, -0.05) is 6.92 Å². The molecule has 0 aromatic carbocycles. The molecule has 0 radical (unpaired) electrons. The van der Waals surface area contributed by atoms with Gasteiger partial charge < -0.3 is 10.8 Å². The molecule has 1 unspecified atom stereocenters. The Hall–Kier alpha value is -1.10. The summed E-state index contributed by atoms with van der Waals surface area (Å²) in [6.07, 6.45) is 2.10. The van der Waals surface area contributed by atoms with Crippen LogP contribution in [0.5, 0.6) is 0 Å². The van der Waals surface area contributed by atoms with E-state index < -0.39 is 11.9 Å². The summed E-state index contributed by atoms with van der Waals surface area (Å²) in [5.74, 6) is -1.28. The summed E-state index contributed by atoms with van der Waals surface area (Å²) in [5.41, 5.74) is 5.39. The van der Waals surface area contributed by atoms with E-state index in [0.29, 0.717) is 11.6 Å². The van der Waals surface area contributed by atoms with Crippen LogP contribution in [-0.4, -0.2) is 16.1 Å². The highest BCUT2D eigenvalue weighted by atomic mass is 32.1. The van der Waals surface area contributed by atoms with Gasteiger partial charge in [0, 0.05) is 11.1 Å². The number of nitrogens with zero attached hydrogens (tertiary/aromatic N) is 1. The van der Waals surface area contributed by atoms with Crippen LogP contribution in [0.1, 0.15) is 24.1 Å². The minimum absolute atomic E-state index is 0.421. The van der Waals surface area contributed by atoms with Crippen molar-refractivity contribution in [1.29, 1.82) is 0 Å². The van der Waals surface area contributed by atoms with Crippen molar-refractivity contribution in [2.24, 2.45) is 0 Å². The van der Waals surface area contributed by atoms with Crippen molar-refractivity contribution >= 4 is 22.4 Å². The molecule has 1 atom stereocenters. The summed E-state index contributed by atoms with van der Waals surface area (Å²) >= 11 is 1.23. The van der Waals surface area contributed by atoms with Crippen molar-refractivity contribution in [1.82, 2.24) is 4.98 Å². The molecule has 1 aromatic heterocycles. The van der Waals surface area contributed by atoms with Crippen molar-refractivity contribution in [2.75, 3.05) is 5.73 Å². The molecule has 1 heterocycles. The lowest BCUT2D eigenvalue weighted by molar-refractivity contribution is -0.138. The van der Waals surface area contributed by atoms with Crippen LogP contribution in [-0.2, 0) is 4.79 Å². The van der Waals surface area contributed by atoms with Gasteiger partial charge in [0.2, 0.25) is 0 Å². The van der Waals surface area contributed by atoms with Crippen LogP contribution < -0.4 is 5.73 Å². The van der Waals surface area contributed by atoms with Crippen LogP contribution in [0.4, 0.5) is 5.13 Å². The van der Waals surface area contributed by atoms with Crippen LogP contribution in [0.2, 0.25) is 0 Å². The van der Waals surface area contributed by atoms with Crippen molar-refractivity contribution in [3.05, 3.63) is 11.1 Å². The van der Waals surface area contributed by atoms with Gasteiger partial charge in [-0.25, -0.2) is 4.98 Å². The number of aromatic nitrogens is 1. The maximum atomic E-state index is 10.7. The third-order valence-electron chi connectivity index (χ3n) is 1.59. The number of nitrogen functional groups attached to an aromatic ring is 1. The summed E-state index contributed by atoms with van der Waals surface area (Å²) in [4.78, 5) is 15.2. The van der Waals surface area contributed by atoms with E-state index in [4.69, 9.17) is 10.8 Å². The zero-order valence-electron chi connectivity index (χ0n) is 6.65. The van der Waals surface area contributed by atoms with E-state index >= 15 is 0 Å². The molecule has 0 aliphatic heterocycles. The molecule has 1 aromatic rings. The predicted octanol–water partition coefficient (Wildman–Crippen LogP) is 1.30. The van der Waals surface area contributed by atoms with Gasteiger partial charge in [0.05, 0.1) is 5.92 Å². The number of anilines is 1. The van der Waals surface area contributed by atoms with Gasteiger partial charge >= 0.3 is 5.97 Å². The molecule has 0 aliphatic carbocycles. The number of nitrogens with two attached hydrogens (primary N) is 1. The van der Waals surface area contributed by atoms with E-state index in [2.05, 4.69) is 4.98 Å². The smallest absolute Gasteiger partial charge is 0.311 e. The number of carboxylic acids is 1. The Kier molecular flexibility index (Phi) is 2.65. The van der Waals surface area contributed by atoms with Gasteiger partial charge in [0.1, 0.15) is 0 Å². The Morgan fingerprint density at radius 3 is 2.92 bits per heavy atom. The van der Waals surface area contributed by atoms with E-state index in [1.54, 1.807) is 0 Å². The van der Waals surface area contributed by atoms with E-state index in [9.17, 15) is 4.79 Å². The minimum Gasteiger partial charge on any atom is -0.481 e. The quantitative estimate of drug-likeness (QED) is 0.746. The fourth-order valence-corrected chi connectivity index (χ4v) is 1.82. The third kappa shape index (κ3) is 1.73. The summed E-state index contributed by atoms with van der Waals surface area (Å²) in [6, 6.07) is 0. The monoisotopic (exact) mass is 186 g/mol. The fourth-order valence-electron chi connectivity index (χ4n) is 0.959. The zero-order valence-corrected chi connectivity index (χ0v) is 7.47. The van der Waals surface area contributed by atoms with E-state index in [0.717, 1.165) is 4.88 Å². The maximum absolute atomic E-state index is 10.7. The van der Waals surface area contributed by atoms with Crippen molar-refractivity contribution in [3.63, 3.8) is 0 Å². The average molecular weight is 186 g/mol. The Morgan fingerprint density at radius 1 is 1.92 bits per heavy atom. The number of rotatable bonds is 3.